The molecule has 2 atom stereocenters. The van der Waals surface area contributed by atoms with Gasteiger partial charge in [-0.1, -0.05) is 162 Å². The highest BCUT2D eigenvalue weighted by molar-refractivity contribution is 5.53. The van der Waals surface area contributed by atoms with Gasteiger partial charge in [-0.05, 0) is 44.4 Å². The molecule has 38 heavy (non-hydrogen) atoms. The number of ether oxygens (including phenoxy) is 1. The van der Waals surface area contributed by atoms with E-state index < -0.39 is 0 Å². The SMILES string of the molecule is CCCCCCC(C=O)CCC(CCCCCC)CCCCCCCCCCCCCOC1CCCCC1. The maximum atomic E-state index is 11.6. The fourth-order valence-electron chi connectivity index (χ4n) is 6.46. The number of carbonyl (C=O) groups is 1. The maximum Gasteiger partial charge on any atom is 0.123 e. The molecule has 0 aliphatic heterocycles. The second kappa shape index (κ2) is 28.2. The van der Waals surface area contributed by atoms with Crippen molar-refractivity contribution in [3.63, 3.8) is 0 Å². The standard InChI is InChI=1S/C36H70O2/c1-3-5-7-19-25-34(30-31-35(33-37)27-20-8-6-4-2)26-21-16-14-12-10-9-11-13-15-17-24-32-38-36-28-22-18-23-29-36/h33-36H,3-32H2,1-2H3. The maximum absolute atomic E-state index is 11.6. The van der Waals surface area contributed by atoms with Crippen molar-refractivity contribution in [1.82, 2.24) is 0 Å². The minimum Gasteiger partial charge on any atom is -0.378 e. The monoisotopic (exact) mass is 535 g/mol. The lowest BCUT2D eigenvalue weighted by Crippen LogP contribution is -2.17. The molecular formula is C36H70O2. The Balaban J connectivity index is 2.00. The van der Waals surface area contributed by atoms with Crippen molar-refractivity contribution in [3.8, 4) is 0 Å². The highest BCUT2D eigenvalue weighted by Gasteiger charge is 2.14. The third kappa shape index (κ3) is 22.4. The summed E-state index contributed by atoms with van der Waals surface area (Å²) in [4.78, 5) is 11.6. The molecule has 1 saturated carbocycles. The van der Waals surface area contributed by atoms with E-state index in [4.69, 9.17) is 4.74 Å². The largest absolute Gasteiger partial charge is 0.378 e. The molecule has 1 fully saturated rings. The second-order valence-corrected chi connectivity index (χ2v) is 12.8. The van der Waals surface area contributed by atoms with Crippen molar-refractivity contribution in [1.29, 1.82) is 0 Å². The summed E-state index contributed by atoms with van der Waals surface area (Å²) in [6.45, 7) is 5.57. The lowest BCUT2D eigenvalue weighted by atomic mass is 9.86. The third-order valence-electron chi connectivity index (χ3n) is 9.20. The highest BCUT2D eigenvalue weighted by Crippen LogP contribution is 2.26. The summed E-state index contributed by atoms with van der Waals surface area (Å²) < 4.78 is 6.05. The summed E-state index contributed by atoms with van der Waals surface area (Å²) in [5, 5.41) is 0. The molecule has 0 aromatic heterocycles. The van der Waals surface area contributed by atoms with Gasteiger partial charge in [0.2, 0.25) is 0 Å². The fourth-order valence-corrected chi connectivity index (χ4v) is 6.46. The van der Waals surface area contributed by atoms with Crippen LogP contribution in [-0.2, 0) is 9.53 Å². The van der Waals surface area contributed by atoms with Crippen molar-refractivity contribution in [2.24, 2.45) is 11.8 Å². The Hall–Kier alpha value is -0.370. The van der Waals surface area contributed by atoms with E-state index >= 15 is 0 Å². The summed E-state index contributed by atoms with van der Waals surface area (Å²) in [5.74, 6) is 1.18. The minimum absolute atomic E-state index is 0.319. The van der Waals surface area contributed by atoms with Crippen LogP contribution in [0.15, 0.2) is 0 Å². The van der Waals surface area contributed by atoms with Crippen LogP contribution < -0.4 is 0 Å². The number of carbonyl (C=O) groups excluding carboxylic acids is 1. The van der Waals surface area contributed by atoms with Crippen LogP contribution in [0.5, 0.6) is 0 Å². The molecule has 2 heteroatoms. The van der Waals surface area contributed by atoms with E-state index in [0.717, 1.165) is 25.4 Å². The first-order valence-corrected chi connectivity index (χ1v) is 17.9. The minimum atomic E-state index is 0.319. The van der Waals surface area contributed by atoms with E-state index in [1.54, 1.807) is 0 Å². The Morgan fingerprint density at radius 2 is 1.03 bits per heavy atom. The predicted octanol–water partition coefficient (Wildman–Crippen LogP) is 12.2. The van der Waals surface area contributed by atoms with E-state index in [1.807, 2.05) is 0 Å². The van der Waals surface area contributed by atoms with Crippen LogP contribution in [0.3, 0.4) is 0 Å². The van der Waals surface area contributed by atoms with Gasteiger partial charge in [-0.3, -0.25) is 0 Å². The van der Waals surface area contributed by atoms with E-state index in [0.29, 0.717) is 12.0 Å². The van der Waals surface area contributed by atoms with Crippen LogP contribution in [0.1, 0.15) is 200 Å². The van der Waals surface area contributed by atoms with Crippen LogP contribution in [0.4, 0.5) is 0 Å². The molecule has 1 rings (SSSR count). The van der Waals surface area contributed by atoms with Crippen molar-refractivity contribution >= 4 is 6.29 Å². The first-order chi connectivity index (χ1) is 18.8. The van der Waals surface area contributed by atoms with Crippen molar-refractivity contribution < 1.29 is 9.53 Å². The Morgan fingerprint density at radius 1 is 0.553 bits per heavy atom. The van der Waals surface area contributed by atoms with Crippen LogP contribution in [0, 0.1) is 11.8 Å². The van der Waals surface area contributed by atoms with E-state index in [2.05, 4.69) is 13.8 Å². The molecular weight excluding hydrogens is 464 g/mol. The zero-order valence-corrected chi connectivity index (χ0v) is 26.3. The van der Waals surface area contributed by atoms with Gasteiger partial charge in [0, 0.05) is 12.5 Å². The quantitative estimate of drug-likeness (QED) is 0.0704. The first kappa shape index (κ1) is 35.7. The second-order valence-electron chi connectivity index (χ2n) is 12.8. The highest BCUT2D eigenvalue weighted by atomic mass is 16.5. The topological polar surface area (TPSA) is 26.3 Å². The molecule has 0 spiro atoms. The molecule has 0 bridgehead atoms. The van der Waals surface area contributed by atoms with Gasteiger partial charge in [-0.2, -0.15) is 0 Å². The Labute approximate surface area is 240 Å². The number of aldehydes is 1. The van der Waals surface area contributed by atoms with Crippen molar-refractivity contribution in [3.05, 3.63) is 0 Å². The van der Waals surface area contributed by atoms with Crippen molar-refractivity contribution in [2.45, 2.75) is 206 Å². The fraction of sp³-hybridized carbons (Fsp3) is 0.972. The molecule has 0 aromatic rings. The summed E-state index contributed by atoms with van der Waals surface area (Å²) >= 11 is 0. The molecule has 0 heterocycles. The molecule has 0 aromatic carbocycles. The number of unbranched alkanes of at least 4 members (excludes halogenated alkanes) is 16. The van der Waals surface area contributed by atoms with Crippen LogP contribution in [-0.4, -0.2) is 19.0 Å². The molecule has 0 N–H and O–H groups in total. The van der Waals surface area contributed by atoms with E-state index in [-0.39, 0.29) is 0 Å². The van der Waals surface area contributed by atoms with Gasteiger partial charge in [0.25, 0.3) is 0 Å². The third-order valence-corrected chi connectivity index (χ3v) is 9.20. The van der Waals surface area contributed by atoms with Gasteiger partial charge in [0.05, 0.1) is 6.10 Å². The summed E-state index contributed by atoms with van der Waals surface area (Å²) in [6, 6.07) is 0. The van der Waals surface area contributed by atoms with E-state index in [1.165, 1.54) is 180 Å². The van der Waals surface area contributed by atoms with Gasteiger partial charge in [-0.25, -0.2) is 0 Å². The Kier molecular flexibility index (Phi) is 26.4. The number of hydrogen-bond donors (Lipinski definition) is 0. The molecule has 226 valence electrons. The zero-order chi connectivity index (χ0) is 27.4. The van der Waals surface area contributed by atoms with Gasteiger partial charge in [0.15, 0.2) is 0 Å². The summed E-state index contributed by atoms with van der Waals surface area (Å²) in [7, 11) is 0. The zero-order valence-electron chi connectivity index (χ0n) is 26.3. The molecule has 1 aliphatic carbocycles. The summed E-state index contributed by atoms with van der Waals surface area (Å²) in [6.07, 6.45) is 41.1. The molecule has 2 nitrogen and oxygen atoms in total. The first-order valence-electron chi connectivity index (χ1n) is 17.9. The number of hydrogen-bond acceptors (Lipinski definition) is 2. The smallest absolute Gasteiger partial charge is 0.123 e. The van der Waals surface area contributed by atoms with E-state index in [9.17, 15) is 4.79 Å². The molecule has 0 amide bonds. The Bertz CT molecular complexity index is 470. The predicted molar refractivity (Wildman–Crippen MR) is 168 cm³/mol. The number of rotatable bonds is 29. The molecule has 1 aliphatic rings. The Morgan fingerprint density at radius 3 is 1.55 bits per heavy atom. The van der Waals surface area contributed by atoms with Gasteiger partial charge < -0.3 is 9.53 Å². The average molecular weight is 535 g/mol. The van der Waals surface area contributed by atoms with Gasteiger partial charge >= 0.3 is 0 Å². The molecule has 2 unspecified atom stereocenters. The lowest BCUT2D eigenvalue weighted by molar-refractivity contribution is -0.111. The van der Waals surface area contributed by atoms with Gasteiger partial charge in [0.1, 0.15) is 6.29 Å². The molecule has 0 radical (unpaired) electrons. The van der Waals surface area contributed by atoms with Crippen molar-refractivity contribution in [2.75, 3.05) is 6.61 Å². The molecule has 0 saturated heterocycles. The average Bonchev–Trinajstić information content (AvgIpc) is 2.95. The normalized spacial score (nSPS) is 16.1. The summed E-state index contributed by atoms with van der Waals surface area (Å²) in [5.41, 5.74) is 0. The van der Waals surface area contributed by atoms with Crippen LogP contribution >= 0.6 is 0 Å². The van der Waals surface area contributed by atoms with Crippen LogP contribution in [0.25, 0.3) is 0 Å². The van der Waals surface area contributed by atoms with Gasteiger partial charge in [-0.15, -0.1) is 0 Å². The lowest BCUT2D eigenvalue weighted by Gasteiger charge is -2.21. The van der Waals surface area contributed by atoms with Crippen LogP contribution in [0.2, 0.25) is 0 Å².